The van der Waals surface area contributed by atoms with Crippen LogP contribution in [0.1, 0.15) is 41.5 Å². The third-order valence-electron chi connectivity index (χ3n) is 5.64. The predicted octanol–water partition coefficient (Wildman–Crippen LogP) is 5.55. The lowest BCUT2D eigenvalue weighted by Gasteiger charge is -2.20. The quantitative estimate of drug-likeness (QED) is 0.346. The second-order valence-corrected chi connectivity index (χ2v) is 8.45. The average molecular weight is 462 g/mol. The Morgan fingerprint density at radius 1 is 0.909 bits per heavy atom. The normalized spacial score (nSPS) is 12.6. The number of benzene rings is 3. The lowest BCUT2D eigenvalue weighted by molar-refractivity contribution is -0.149. The molecule has 3 aromatic carbocycles. The fraction of sp³-hybridized carbons (Fsp3) is 0.286. The maximum absolute atomic E-state index is 11.3. The van der Waals surface area contributed by atoms with E-state index < -0.39 is 12.1 Å². The summed E-state index contributed by atoms with van der Waals surface area (Å²) >= 11 is 5.81. The van der Waals surface area contributed by atoms with Gasteiger partial charge in [-0.2, -0.15) is 0 Å². The Hall–Kier alpha value is -3.02. The zero-order chi connectivity index (χ0) is 23.5. The number of hydrogen-bond donors (Lipinski definition) is 2. The van der Waals surface area contributed by atoms with E-state index in [-0.39, 0.29) is 5.92 Å². The molecule has 0 fully saturated rings. The van der Waals surface area contributed by atoms with Crippen molar-refractivity contribution in [2.45, 2.75) is 44.8 Å². The van der Waals surface area contributed by atoms with Crippen LogP contribution in [0.5, 0.6) is 0 Å². The second-order valence-electron chi connectivity index (χ2n) is 8.01. The molecule has 0 saturated carbocycles. The topological polar surface area (TPSA) is 58.6 Å². The van der Waals surface area contributed by atoms with Crippen molar-refractivity contribution in [2.75, 3.05) is 6.61 Å². The van der Waals surface area contributed by atoms with E-state index in [1.54, 1.807) is 6.92 Å². The van der Waals surface area contributed by atoms with E-state index in [2.05, 4.69) is 41.7 Å². The van der Waals surface area contributed by atoms with Crippen molar-refractivity contribution in [1.29, 1.82) is 0 Å². The highest BCUT2D eigenvalue weighted by Gasteiger charge is 2.19. The van der Waals surface area contributed by atoms with Gasteiger partial charge in [-0.15, -0.1) is 0 Å². The zero-order valence-electron chi connectivity index (χ0n) is 18.9. The first-order valence-electron chi connectivity index (χ1n) is 11.4. The highest BCUT2D eigenvalue weighted by molar-refractivity contribution is 7.80. The van der Waals surface area contributed by atoms with Gasteiger partial charge in [0, 0.05) is 25.5 Å². The molecule has 33 heavy (non-hydrogen) atoms. The van der Waals surface area contributed by atoms with Gasteiger partial charge in [0.05, 0.1) is 4.99 Å². The third kappa shape index (κ3) is 7.81. The Bertz CT molecular complexity index is 1010. The van der Waals surface area contributed by atoms with Crippen molar-refractivity contribution in [1.82, 2.24) is 5.32 Å². The molecule has 0 amide bonds. The largest absolute Gasteiger partial charge is 0.479 e. The van der Waals surface area contributed by atoms with Gasteiger partial charge in [-0.25, -0.2) is 4.79 Å². The van der Waals surface area contributed by atoms with Gasteiger partial charge in [-0.1, -0.05) is 97.1 Å². The molecule has 0 aliphatic rings. The minimum atomic E-state index is -0.928. The van der Waals surface area contributed by atoms with Crippen LogP contribution >= 0.6 is 12.2 Å². The summed E-state index contributed by atoms with van der Waals surface area (Å²) in [5, 5.41) is 12.7. The maximum Gasteiger partial charge on any atom is 0.333 e. The first-order chi connectivity index (χ1) is 16.1. The van der Waals surface area contributed by atoms with Gasteiger partial charge in [-0.3, -0.25) is 0 Å². The molecule has 3 aromatic rings. The van der Waals surface area contributed by atoms with Gasteiger partial charge in [0.1, 0.15) is 0 Å². The van der Waals surface area contributed by atoms with E-state index in [4.69, 9.17) is 17.0 Å². The lowest BCUT2D eigenvalue weighted by atomic mass is 9.91. The number of thiocarbonyl (C=S) groups is 1. The number of nitrogens with one attached hydrogen (secondary N) is 1. The van der Waals surface area contributed by atoms with Crippen molar-refractivity contribution in [3.8, 4) is 0 Å². The number of aliphatic carboxylic acids is 1. The molecule has 0 heterocycles. The SMILES string of the molecule is CCOC(Cc1ccc(CCC(C(=S)NCc2ccccc2)c2ccccc2)cc1)C(=O)O. The van der Waals surface area contributed by atoms with Crippen LogP contribution in [0.25, 0.3) is 0 Å². The molecule has 2 unspecified atom stereocenters. The van der Waals surface area contributed by atoms with Crippen LogP contribution in [0.15, 0.2) is 84.9 Å². The minimum absolute atomic E-state index is 0.124. The fourth-order valence-corrected chi connectivity index (χ4v) is 4.15. The van der Waals surface area contributed by atoms with Gasteiger partial charge < -0.3 is 15.2 Å². The zero-order valence-corrected chi connectivity index (χ0v) is 19.8. The molecule has 3 rings (SSSR count). The Labute approximate surface area is 201 Å². The van der Waals surface area contributed by atoms with Crippen molar-refractivity contribution in [2.24, 2.45) is 0 Å². The molecular formula is C28H31NO3S. The number of rotatable bonds is 12. The van der Waals surface area contributed by atoms with E-state index in [1.165, 1.54) is 16.7 Å². The standard InChI is InChI=1S/C28H31NO3S/c1-2-32-26(28(30)31)19-22-15-13-21(14-16-22)17-18-25(24-11-7-4-8-12-24)27(33)29-20-23-9-5-3-6-10-23/h3-16,25-26H,2,17-20H2,1H3,(H,29,33)(H,30,31). The molecule has 5 heteroatoms. The summed E-state index contributed by atoms with van der Waals surface area (Å²) in [5.74, 6) is -0.804. The molecule has 2 N–H and O–H groups in total. The molecular weight excluding hydrogens is 430 g/mol. The molecule has 0 aliphatic heterocycles. The van der Waals surface area contributed by atoms with E-state index in [0.29, 0.717) is 19.6 Å². The summed E-state index contributed by atoms with van der Waals surface area (Å²) in [7, 11) is 0. The highest BCUT2D eigenvalue weighted by Crippen LogP contribution is 2.24. The molecule has 0 bridgehead atoms. The van der Waals surface area contributed by atoms with Crippen LogP contribution in [0, 0.1) is 0 Å². The van der Waals surface area contributed by atoms with Gasteiger partial charge in [0.2, 0.25) is 0 Å². The predicted molar refractivity (Wildman–Crippen MR) is 137 cm³/mol. The minimum Gasteiger partial charge on any atom is -0.479 e. The van der Waals surface area contributed by atoms with E-state index in [0.717, 1.165) is 23.4 Å². The van der Waals surface area contributed by atoms with Gasteiger partial charge in [0.25, 0.3) is 0 Å². The van der Waals surface area contributed by atoms with Crippen LogP contribution in [-0.2, 0) is 28.9 Å². The number of carboxylic acids is 1. The Balaban J connectivity index is 1.63. The Morgan fingerprint density at radius 3 is 2.12 bits per heavy atom. The van der Waals surface area contributed by atoms with Crippen LogP contribution in [0.3, 0.4) is 0 Å². The molecule has 0 radical (unpaired) electrons. The van der Waals surface area contributed by atoms with Crippen LogP contribution in [-0.4, -0.2) is 28.8 Å². The maximum atomic E-state index is 11.3. The van der Waals surface area contributed by atoms with Crippen molar-refractivity contribution in [3.63, 3.8) is 0 Å². The van der Waals surface area contributed by atoms with E-state index >= 15 is 0 Å². The molecule has 2 atom stereocenters. The first-order valence-corrected chi connectivity index (χ1v) is 11.8. The van der Waals surface area contributed by atoms with Crippen molar-refractivity contribution >= 4 is 23.2 Å². The number of ether oxygens (including phenoxy) is 1. The molecule has 0 spiro atoms. The number of carbonyl (C=O) groups is 1. The van der Waals surface area contributed by atoms with Gasteiger partial charge >= 0.3 is 5.97 Å². The molecule has 172 valence electrons. The van der Waals surface area contributed by atoms with E-state index in [1.807, 2.05) is 48.5 Å². The van der Waals surface area contributed by atoms with Crippen LogP contribution in [0.4, 0.5) is 0 Å². The number of carboxylic acid groups (broad SMARTS) is 1. The summed E-state index contributed by atoms with van der Waals surface area (Å²) in [6, 6.07) is 28.8. The summed E-state index contributed by atoms with van der Waals surface area (Å²) in [4.78, 5) is 12.2. The molecule has 0 aromatic heterocycles. The Morgan fingerprint density at radius 2 is 1.52 bits per heavy atom. The molecule has 4 nitrogen and oxygen atoms in total. The van der Waals surface area contributed by atoms with Crippen molar-refractivity contribution in [3.05, 3.63) is 107 Å². The highest BCUT2D eigenvalue weighted by atomic mass is 32.1. The summed E-state index contributed by atoms with van der Waals surface area (Å²) in [6.07, 6.45) is 1.32. The second kappa shape index (κ2) is 12.9. The van der Waals surface area contributed by atoms with E-state index in [9.17, 15) is 9.90 Å². The summed E-state index contributed by atoms with van der Waals surface area (Å²) < 4.78 is 5.33. The van der Waals surface area contributed by atoms with Gasteiger partial charge in [-0.05, 0) is 42.0 Å². The third-order valence-corrected chi connectivity index (χ3v) is 6.07. The van der Waals surface area contributed by atoms with Crippen molar-refractivity contribution < 1.29 is 14.6 Å². The average Bonchev–Trinajstić information content (AvgIpc) is 2.85. The Kier molecular flexibility index (Phi) is 9.60. The van der Waals surface area contributed by atoms with Crippen LogP contribution in [0.2, 0.25) is 0 Å². The monoisotopic (exact) mass is 461 g/mol. The molecule has 0 saturated heterocycles. The van der Waals surface area contributed by atoms with Crippen LogP contribution < -0.4 is 5.32 Å². The molecule has 0 aliphatic carbocycles. The summed E-state index contributed by atoms with van der Waals surface area (Å²) in [6.45, 7) is 2.90. The fourth-order valence-electron chi connectivity index (χ4n) is 3.83. The number of hydrogen-bond acceptors (Lipinski definition) is 3. The summed E-state index contributed by atoms with van der Waals surface area (Å²) in [5.41, 5.74) is 4.57. The lowest BCUT2D eigenvalue weighted by Crippen LogP contribution is -2.27. The first kappa shape index (κ1) is 24.6. The number of aryl methyl sites for hydroxylation is 1. The van der Waals surface area contributed by atoms with Gasteiger partial charge in [0.15, 0.2) is 6.10 Å². The smallest absolute Gasteiger partial charge is 0.333 e.